The number of nitrogens with zero attached hydrogens (tertiary/aromatic N) is 1. The van der Waals surface area contributed by atoms with Crippen LogP contribution < -0.4 is 4.74 Å². The van der Waals surface area contributed by atoms with Crippen molar-refractivity contribution in [3.63, 3.8) is 0 Å². The number of aliphatic hydroxyl groups is 1. The van der Waals surface area contributed by atoms with Gasteiger partial charge >= 0.3 is 0 Å². The van der Waals surface area contributed by atoms with E-state index in [0.717, 1.165) is 65.2 Å². The number of likely N-dealkylation sites (tertiary alicyclic amines) is 1. The molecule has 2 aliphatic rings. The van der Waals surface area contributed by atoms with Crippen molar-refractivity contribution in [1.29, 1.82) is 0 Å². The van der Waals surface area contributed by atoms with Crippen LogP contribution in [0.25, 0.3) is 11.3 Å². The van der Waals surface area contributed by atoms with Gasteiger partial charge in [0.25, 0.3) is 0 Å². The summed E-state index contributed by atoms with van der Waals surface area (Å²) >= 11 is 6.05. The van der Waals surface area contributed by atoms with Gasteiger partial charge in [0, 0.05) is 35.8 Å². The minimum absolute atomic E-state index is 0.0504. The molecule has 2 aromatic carbocycles. The first-order chi connectivity index (χ1) is 18.7. The van der Waals surface area contributed by atoms with Crippen LogP contribution in [0.4, 0.5) is 0 Å². The van der Waals surface area contributed by atoms with Crippen LogP contribution >= 0.6 is 11.6 Å². The van der Waals surface area contributed by atoms with Gasteiger partial charge in [-0.3, -0.25) is 0 Å². The maximum atomic E-state index is 11.3. The van der Waals surface area contributed by atoms with E-state index >= 15 is 0 Å². The highest BCUT2D eigenvalue weighted by molar-refractivity contribution is 6.30. The third-order valence-electron chi connectivity index (χ3n) is 7.36. The highest BCUT2D eigenvalue weighted by atomic mass is 35.5. The Morgan fingerprint density at radius 3 is 2.54 bits per heavy atom. The van der Waals surface area contributed by atoms with Crippen LogP contribution in [0.3, 0.4) is 0 Å². The van der Waals surface area contributed by atoms with Gasteiger partial charge in [-0.1, -0.05) is 61.2 Å². The van der Waals surface area contributed by atoms with Crippen LogP contribution in [-0.2, 0) is 10.3 Å². The van der Waals surface area contributed by atoms with Gasteiger partial charge in [0.05, 0.1) is 11.7 Å². The SMILES string of the molecule is C=C1COc2ccc(C(=C)OC(C)C)cc2C(=C/CCN2CCC(O)(c3ccc(Cl)cc3)CC2)/C1=C/C=C\C. The predicted octanol–water partition coefficient (Wildman–Crippen LogP) is 7.94. The van der Waals surface area contributed by atoms with Gasteiger partial charge in [-0.2, -0.15) is 0 Å². The van der Waals surface area contributed by atoms with Crippen molar-refractivity contribution in [2.45, 2.75) is 51.7 Å². The summed E-state index contributed by atoms with van der Waals surface area (Å²) in [6.07, 6.45) is 10.8. The number of benzene rings is 2. The zero-order chi connectivity index (χ0) is 28.0. The maximum absolute atomic E-state index is 11.3. The second kappa shape index (κ2) is 12.9. The smallest absolute Gasteiger partial charge is 0.127 e. The molecule has 2 aliphatic heterocycles. The Labute approximate surface area is 238 Å². The van der Waals surface area contributed by atoms with E-state index in [1.807, 2.05) is 69.3 Å². The Morgan fingerprint density at radius 2 is 1.87 bits per heavy atom. The lowest BCUT2D eigenvalue weighted by Crippen LogP contribution is -2.42. The number of hydrogen-bond acceptors (Lipinski definition) is 4. The average Bonchev–Trinajstić information content (AvgIpc) is 3.04. The first-order valence-electron chi connectivity index (χ1n) is 13.8. The van der Waals surface area contributed by atoms with Gasteiger partial charge < -0.3 is 19.5 Å². The molecule has 4 nitrogen and oxygen atoms in total. The number of piperidine rings is 1. The number of rotatable bonds is 8. The Balaban J connectivity index is 1.54. The summed E-state index contributed by atoms with van der Waals surface area (Å²) in [6, 6.07) is 13.7. The third kappa shape index (κ3) is 7.13. The van der Waals surface area contributed by atoms with Gasteiger partial charge in [0.15, 0.2) is 0 Å². The minimum atomic E-state index is -0.798. The minimum Gasteiger partial charge on any atom is -0.491 e. The largest absolute Gasteiger partial charge is 0.491 e. The van der Waals surface area contributed by atoms with Gasteiger partial charge in [0.2, 0.25) is 0 Å². The molecule has 1 fully saturated rings. The summed E-state index contributed by atoms with van der Waals surface area (Å²) in [7, 11) is 0. The molecule has 39 heavy (non-hydrogen) atoms. The van der Waals surface area contributed by atoms with Crippen LogP contribution in [0, 0.1) is 0 Å². The van der Waals surface area contributed by atoms with E-state index < -0.39 is 5.60 Å². The van der Waals surface area contributed by atoms with Crippen LogP contribution in [0.1, 0.15) is 56.7 Å². The van der Waals surface area contributed by atoms with Crippen molar-refractivity contribution in [2.24, 2.45) is 0 Å². The molecular weight excluding hydrogens is 506 g/mol. The van der Waals surface area contributed by atoms with Crippen LogP contribution in [0.2, 0.25) is 5.02 Å². The Morgan fingerprint density at radius 1 is 1.15 bits per heavy atom. The quantitative estimate of drug-likeness (QED) is 0.342. The number of allylic oxidation sites excluding steroid dienone is 4. The number of hydrogen-bond donors (Lipinski definition) is 1. The third-order valence-corrected chi connectivity index (χ3v) is 7.61. The van der Waals surface area contributed by atoms with E-state index in [2.05, 4.69) is 36.3 Å². The zero-order valence-electron chi connectivity index (χ0n) is 23.4. The summed E-state index contributed by atoms with van der Waals surface area (Å²) in [5.74, 6) is 1.48. The first kappa shape index (κ1) is 28.9. The van der Waals surface area contributed by atoms with Crippen LogP contribution in [-0.4, -0.2) is 42.4 Å². The molecule has 0 aliphatic carbocycles. The van der Waals surface area contributed by atoms with Crippen LogP contribution in [0.5, 0.6) is 5.75 Å². The molecule has 4 rings (SSSR count). The molecule has 2 heterocycles. The van der Waals surface area contributed by atoms with E-state index in [9.17, 15) is 5.11 Å². The summed E-state index contributed by atoms with van der Waals surface area (Å²) in [4.78, 5) is 2.43. The van der Waals surface area contributed by atoms with Crippen molar-refractivity contribution < 1.29 is 14.6 Å². The molecule has 1 N–H and O–H groups in total. The predicted molar refractivity (Wildman–Crippen MR) is 163 cm³/mol. The lowest BCUT2D eigenvalue weighted by Gasteiger charge is -2.38. The fourth-order valence-electron chi connectivity index (χ4n) is 5.18. The highest BCUT2D eigenvalue weighted by Gasteiger charge is 2.33. The van der Waals surface area contributed by atoms with Gasteiger partial charge in [-0.15, -0.1) is 0 Å². The second-order valence-corrected chi connectivity index (χ2v) is 11.0. The van der Waals surface area contributed by atoms with Crippen molar-refractivity contribution in [2.75, 3.05) is 26.2 Å². The van der Waals surface area contributed by atoms with Gasteiger partial charge in [-0.25, -0.2) is 0 Å². The zero-order valence-corrected chi connectivity index (χ0v) is 24.1. The summed E-state index contributed by atoms with van der Waals surface area (Å²) in [5, 5.41) is 11.9. The summed E-state index contributed by atoms with van der Waals surface area (Å²) in [6.45, 7) is 17.5. The molecule has 0 unspecified atom stereocenters. The van der Waals surface area contributed by atoms with Crippen molar-refractivity contribution in [1.82, 2.24) is 4.90 Å². The van der Waals surface area contributed by atoms with E-state index in [1.165, 1.54) is 0 Å². The fourth-order valence-corrected chi connectivity index (χ4v) is 5.30. The molecule has 0 aromatic heterocycles. The van der Waals surface area contributed by atoms with Crippen molar-refractivity contribution >= 4 is 22.9 Å². The topological polar surface area (TPSA) is 41.9 Å². The molecule has 0 saturated carbocycles. The molecule has 0 bridgehead atoms. The number of fused-ring (bicyclic) bond motifs is 1. The molecule has 2 aromatic rings. The highest BCUT2D eigenvalue weighted by Crippen LogP contribution is 2.40. The normalized spacial score (nSPS) is 19.8. The Bertz CT molecular complexity index is 1280. The van der Waals surface area contributed by atoms with E-state index in [4.69, 9.17) is 21.1 Å². The lowest BCUT2D eigenvalue weighted by atomic mass is 9.84. The lowest BCUT2D eigenvalue weighted by molar-refractivity contribution is -0.0254. The fraction of sp³-hybridized carbons (Fsp3) is 0.353. The molecule has 1 saturated heterocycles. The summed E-state index contributed by atoms with van der Waals surface area (Å²) in [5.41, 5.74) is 5.24. The number of halogens is 1. The molecule has 0 atom stereocenters. The van der Waals surface area contributed by atoms with Crippen molar-refractivity contribution in [3.05, 3.63) is 113 Å². The maximum Gasteiger partial charge on any atom is 0.127 e. The number of ether oxygens (including phenoxy) is 2. The van der Waals surface area contributed by atoms with Gasteiger partial charge in [0.1, 0.15) is 18.1 Å². The van der Waals surface area contributed by atoms with Crippen LogP contribution in [0.15, 0.2) is 91.1 Å². The molecule has 0 spiro atoms. The first-order valence-corrected chi connectivity index (χ1v) is 14.1. The molecule has 0 radical (unpaired) electrons. The second-order valence-electron chi connectivity index (χ2n) is 10.6. The monoisotopic (exact) mass is 545 g/mol. The molecule has 0 amide bonds. The van der Waals surface area contributed by atoms with Gasteiger partial charge in [-0.05, 0) is 92.6 Å². The summed E-state index contributed by atoms with van der Waals surface area (Å²) < 4.78 is 12.1. The molecule has 5 heteroatoms. The van der Waals surface area contributed by atoms with E-state index in [1.54, 1.807) is 0 Å². The standard InChI is InChI=1S/C34H40ClNO3/c1-6-7-9-30-25(4)23-38-33-16-11-27(26(5)39-24(2)3)22-32(33)31(30)10-8-19-36-20-17-34(37,18-21-36)28-12-14-29(35)15-13-28/h6-7,9-16,22,24,37H,4-5,8,17-21,23H2,1-3H3/b7-6-,30-9+,31-10+. The molecular formula is C34H40ClNO3. The Kier molecular flexibility index (Phi) is 9.55. The van der Waals surface area contributed by atoms with E-state index in [0.29, 0.717) is 30.2 Å². The van der Waals surface area contributed by atoms with Crippen molar-refractivity contribution in [3.8, 4) is 5.75 Å². The molecule has 206 valence electrons. The van der Waals surface area contributed by atoms with E-state index in [-0.39, 0.29) is 6.10 Å². The average molecular weight is 546 g/mol. The Hall–Kier alpha value is -3.05.